The fourth-order valence-corrected chi connectivity index (χ4v) is 1.35. The number of hydrogen-bond acceptors (Lipinski definition) is 3. The molecule has 1 aliphatic heterocycles. The van der Waals surface area contributed by atoms with E-state index in [1.165, 1.54) is 6.08 Å². The van der Waals surface area contributed by atoms with Crippen LogP contribution in [-0.4, -0.2) is 23.2 Å². The third-order valence-corrected chi connectivity index (χ3v) is 2.06. The highest BCUT2D eigenvalue weighted by atomic mass is 16.2. The second kappa shape index (κ2) is 3.49. The summed E-state index contributed by atoms with van der Waals surface area (Å²) < 4.78 is 0. The first-order valence-electron chi connectivity index (χ1n) is 4.43. The van der Waals surface area contributed by atoms with Crippen LogP contribution in [0.1, 0.15) is 6.42 Å². The Kier molecular flexibility index (Phi) is 2.18. The Bertz CT molecular complexity index is 366. The molecule has 14 heavy (non-hydrogen) atoms. The summed E-state index contributed by atoms with van der Waals surface area (Å²) in [7, 11) is 0. The molecule has 0 aromatic carbocycles. The van der Waals surface area contributed by atoms with Crippen LogP contribution in [0.2, 0.25) is 0 Å². The van der Waals surface area contributed by atoms with Gasteiger partial charge in [0.2, 0.25) is 5.91 Å². The summed E-state index contributed by atoms with van der Waals surface area (Å²) in [6.07, 6.45) is 8.87. The molecule has 1 fully saturated rings. The van der Waals surface area contributed by atoms with Crippen molar-refractivity contribution in [3.63, 3.8) is 0 Å². The second-order valence-electron chi connectivity index (χ2n) is 3.15. The van der Waals surface area contributed by atoms with E-state index in [2.05, 4.69) is 5.43 Å². The topological polar surface area (TPSA) is 49.4 Å². The van der Waals surface area contributed by atoms with Crippen LogP contribution in [-0.2, 0) is 9.59 Å². The van der Waals surface area contributed by atoms with E-state index in [0.29, 0.717) is 18.5 Å². The molecule has 1 aliphatic carbocycles. The molecule has 0 atom stereocenters. The van der Waals surface area contributed by atoms with Crippen LogP contribution in [0, 0.1) is 0 Å². The minimum absolute atomic E-state index is 0.00960. The summed E-state index contributed by atoms with van der Waals surface area (Å²) >= 11 is 0. The molecular formula is C10H10N2O2. The van der Waals surface area contributed by atoms with Crippen LogP contribution in [0.3, 0.4) is 0 Å². The zero-order valence-electron chi connectivity index (χ0n) is 7.56. The summed E-state index contributed by atoms with van der Waals surface area (Å²) in [6, 6.07) is 0. The van der Waals surface area contributed by atoms with Crippen molar-refractivity contribution < 1.29 is 9.59 Å². The molecule has 0 aromatic heterocycles. The second-order valence-corrected chi connectivity index (χ2v) is 3.15. The molecule has 4 nitrogen and oxygen atoms in total. The summed E-state index contributed by atoms with van der Waals surface area (Å²) in [5.41, 5.74) is 3.22. The average Bonchev–Trinajstić information content (AvgIpc) is 2.56. The number of nitrogens with zero attached hydrogens (tertiary/aromatic N) is 1. The fourth-order valence-electron chi connectivity index (χ4n) is 1.35. The Hall–Kier alpha value is -1.84. The molecule has 0 saturated carbocycles. The number of nitrogens with one attached hydrogen (secondary N) is 1. The molecule has 0 aromatic rings. The van der Waals surface area contributed by atoms with E-state index in [1.807, 2.05) is 0 Å². The largest absolute Gasteiger partial charge is 0.292 e. The van der Waals surface area contributed by atoms with Gasteiger partial charge in [-0.15, -0.1) is 0 Å². The van der Waals surface area contributed by atoms with Gasteiger partial charge in [0.25, 0.3) is 0 Å². The Morgan fingerprint density at radius 1 is 1.29 bits per heavy atom. The summed E-state index contributed by atoms with van der Waals surface area (Å²) in [4.78, 5) is 22.2. The first kappa shape index (κ1) is 8.74. The highest BCUT2D eigenvalue weighted by Gasteiger charge is 2.16. The molecular weight excluding hydrogens is 180 g/mol. The normalized spacial score (nSPS) is 23.4. The lowest BCUT2D eigenvalue weighted by Gasteiger charge is -2.12. The molecule has 4 heteroatoms. The first-order valence-corrected chi connectivity index (χ1v) is 4.43. The van der Waals surface area contributed by atoms with Gasteiger partial charge in [0.15, 0.2) is 5.78 Å². The maximum absolute atomic E-state index is 11.3. The molecule has 0 bridgehead atoms. The summed E-state index contributed by atoms with van der Waals surface area (Å²) in [5, 5.41) is 1.64. The molecule has 1 saturated heterocycles. The lowest BCUT2D eigenvalue weighted by atomic mass is 10.1. The molecule has 2 rings (SSSR count). The van der Waals surface area contributed by atoms with Crippen molar-refractivity contribution in [2.75, 3.05) is 6.54 Å². The Labute approximate surface area is 81.5 Å². The highest BCUT2D eigenvalue weighted by molar-refractivity contribution is 6.07. The predicted octanol–water partition coefficient (Wildman–Crippen LogP) is 0.302. The van der Waals surface area contributed by atoms with Crippen LogP contribution >= 0.6 is 0 Å². The Balaban J connectivity index is 2.11. The van der Waals surface area contributed by atoms with Crippen LogP contribution in [0.25, 0.3) is 0 Å². The van der Waals surface area contributed by atoms with Crippen LogP contribution in [0.5, 0.6) is 0 Å². The smallest absolute Gasteiger partial charge is 0.240 e. The quantitative estimate of drug-likeness (QED) is 0.605. The number of hydrogen-bond donors (Lipinski definition) is 1. The van der Waals surface area contributed by atoms with Crippen molar-refractivity contribution in [2.24, 2.45) is 0 Å². The number of rotatable bonds is 1. The molecule has 1 N–H and O–H groups in total. The van der Waals surface area contributed by atoms with Gasteiger partial charge in [0, 0.05) is 24.7 Å². The van der Waals surface area contributed by atoms with E-state index in [-0.39, 0.29) is 11.7 Å². The zero-order valence-corrected chi connectivity index (χ0v) is 7.56. The van der Waals surface area contributed by atoms with E-state index in [9.17, 15) is 9.59 Å². The lowest BCUT2D eigenvalue weighted by molar-refractivity contribution is -0.120. The van der Waals surface area contributed by atoms with Crippen molar-refractivity contribution >= 4 is 11.7 Å². The van der Waals surface area contributed by atoms with Crippen LogP contribution in [0.15, 0.2) is 36.1 Å². The highest BCUT2D eigenvalue weighted by Crippen LogP contribution is 2.09. The van der Waals surface area contributed by atoms with Gasteiger partial charge in [-0.25, -0.2) is 0 Å². The summed E-state index contributed by atoms with van der Waals surface area (Å²) in [6.45, 7) is 0.618. The van der Waals surface area contributed by atoms with Gasteiger partial charge >= 0.3 is 0 Å². The molecule has 2 aliphatic rings. The van der Waals surface area contributed by atoms with Gasteiger partial charge in [0.05, 0.1) is 0 Å². The van der Waals surface area contributed by atoms with Gasteiger partial charge in [-0.1, -0.05) is 12.2 Å². The van der Waals surface area contributed by atoms with E-state index in [4.69, 9.17) is 0 Å². The maximum Gasteiger partial charge on any atom is 0.240 e. The average molecular weight is 190 g/mol. The van der Waals surface area contributed by atoms with Crippen molar-refractivity contribution in [1.82, 2.24) is 10.4 Å². The molecule has 1 amide bonds. The van der Waals surface area contributed by atoms with E-state index < -0.39 is 0 Å². The Morgan fingerprint density at radius 3 is 2.71 bits per heavy atom. The number of allylic oxidation sites excluding steroid dienone is 5. The lowest BCUT2D eigenvalue weighted by Crippen LogP contribution is -2.29. The molecule has 1 heterocycles. The van der Waals surface area contributed by atoms with Crippen molar-refractivity contribution in [3.05, 3.63) is 36.1 Å². The van der Waals surface area contributed by atoms with Gasteiger partial charge < -0.3 is 0 Å². The minimum atomic E-state index is -0.0337. The first-order chi connectivity index (χ1) is 6.75. The SMILES string of the molecule is O=C1CCN(/C=C2\C=CC=CC2=O)N1. The maximum atomic E-state index is 11.3. The molecule has 0 spiro atoms. The van der Waals surface area contributed by atoms with E-state index in [0.717, 1.165) is 0 Å². The third kappa shape index (κ3) is 1.74. The monoisotopic (exact) mass is 190 g/mol. The van der Waals surface area contributed by atoms with E-state index >= 15 is 0 Å². The number of carbonyl (C=O) groups excluding carboxylic acids is 2. The van der Waals surface area contributed by atoms with Gasteiger partial charge in [-0.3, -0.25) is 20.0 Å². The van der Waals surface area contributed by atoms with Crippen molar-refractivity contribution in [2.45, 2.75) is 6.42 Å². The van der Waals surface area contributed by atoms with Gasteiger partial charge in [-0.05, 0) is 12.2 Å². The standard InChI is InChI=1S/C10H10N2O2/c13-9-4-2-1-3-8(9)7-12-6-5-10(14)11-12/h1-4,7H,5-6H2,(H,11,14)/b8-7+. The molecule has 0 radical (unpaired) electrons. The van der Waals surface area contributed by atoms with Crippen molar-refractivity contribution in [1.29, 1.82) is 0 Å². The van der Waals surface area contributed by atoms with Crippen LogP contribution < -0.4 is 5.43 Å². The van der Waals surface area contributed by atoms with Gasteiger partial charge in [-0.2, -0.15) is 0 Å². The van der Waals surface area contributed by atoms with Crippen LogP contribution in [0.4, 0.5) is 0 Å². The number of ketones is 1. The number of hydrazine groups is 1. The number of amides is 1. The fraction of sp³-hybridized carbons (Fsp3) is 0.200. The zero-order chi connectivity index (χ0) is 9.97. The molecule has 0 unspecified atom stereocenters. The van der Waals surface area contributed by atoms with Crippen molar-refractivity contribution in [3.8, 4) is 0 Å². The predicted molar refractivity (Wildman–Crippen MR) is 50.8 cm³/mol. The Morgan fingerprint density at radius 2 is 2.07 bits per heavy atom. The van der Waals surface area contributed by atoms with E-state index in [1.54, 1.807) is 29.4 Å². The number of carbonyl (C=O) groups is 2. The molecule has 72 valence electrons. The summed E-state index contributed by atoms with van der Waals surface area (Å²) in [5.74, 6) is -0.0433. The third-order valence-electron chi connectivity index (χ3n) is 2.06. The van der Waals surface area contributed by atoms with Gasteiger partial charge in [0.1, 0.15) is 0 Å². The minimum Gasteiger partial charge on any atom is -0.292 e.